The monoisotopic (exact) mass is 180 g/mol. The fourth-order valence-electron chi connectivity index (χ4n) is 0.755. The van der Waals surface area contributed by atoms with Gasteiger partial charge in [-0.05, 0) is 6.92 Å². The average Bonchev–Trinajstić information content (AvgIpc) is 2.32. The molecule has 1 atom stereocenters. The summed E-state index contributed by atoms with van der Waals surface area (Å²) >= 11 is 0. The zero-order valence-corrected chi connectivity index (χ0v) is 6.18. The second kappa shape index (κ2) is 2.78. The average molecular weight is 180 g/mol. The molecule has 0 radical (unpaired) electrons. The minimum Gasteiger partial charge on any atom is -0.378 e. The number of halogens is 3. The molecule has 1 unspecified atom stereocenters. The molecule has 12 heavy (non-hydrogen) atoms. The lowest BCUT2D eigenvalue weighted by Gasteiger charge is -2.11. The second-order valence-corrected chi connectivity index (χ2v) is 2.37. The van der Waals surface area contributed by atoms with Crippen LogP contribution in [0.25, 0.3) is 0 Å². The van der Waals surface area contributed by atoms with Crippen LogP contribution < -0.4 is 0 Å². The number of aliphatic hydroxyl groups is 1. The Bertz CT molecular complexity index is 268. The van der Waals surface area contributed by atoms with Crippen LogP contribution >= 0.6 is 0 Å². The zero-order chi connectivity index (χ0) is 9.35. The maximum Gasteiger partial charge on any atom is 0.420 e. The van der Waals surface area contributed by atoms with Gasteiger partial charge in [-0.2, -0.15) is 13.2 Å². The van der Waals surface area contributed by atoms with Crippen molar-refractivity contribution in [1.29, 1.82) is 0 Å². The molecule has 0 aliphatic carbocycles. The summed E-state index contributed by atoms with van der Waals surface area (Å²) in [5.41, 5.74) is -0.333. The molecule has 6 heteroatoms. The molecule has 0 bridgehead atoms. The highest BCUT2D eigenvalue weighted by Gasteiger charge is 2.40. The molecule has 0 aromatic carbocycles. The van der Waals surface area contributed by atoms with E-state index in [1.807, 2.05) is 0 Å². The van der Waals surface area contributed by atoms with Gasteiger partial charge in [0.05, 0.1) is 11.9 Å². The van der Waals surface area contributed by atoms with E-state index < -0.39 is 12.3 Å². The topological polar surface area (TPSA) is 48.9 Å². The first-order chi connectivity index (χ1) is 5.41. The fraction of sp³-hybridized carbons (Fsp3) is 0.500. The van der Waals surface area contributed by atoms with Gasteiger partial charge < -0.3 is 10.1 Å². The molecule has 0 aliphatic rings. The Morgan fingerprint density at radius 3 is 2.50 bits per heavy atom. The van der Waals surface area contributed by atoms with Gasteiger partial charge in [0.15, 0.2) is 6.10 Å². The minimum absolute atomic E-state index is 0.333. The Labute approximate surface area is 66.2 Å². The smallest absolute Gasteiger partial charge is 0.378 e. The van der Waals surface area contributed by atoms with E-state index in [1.54, 1.807) is 0 Å². The van der Waals surface area contributed by atoms with Crippen molar-refractivity contribution in [2.24, 2.45) is 0 Å². The molecular weight excluding hydrogens is 173 g/mol. The number of hydrogen-bond donors (Lipinski definition) is 2. The van der Waals surface area contributed by atoms with Gasteiger partial charge in [-0.25, -0.2) is 4.98 Å². The Morgan fingerprint density at radius 1 is 1.58 bits per heavy atom. The number of nitrogens with one attached hydrogen (secondary N) is 1. The summed E-state index contributed by atoms with van der Waals surface area (Å²) in [7, 11) is 0. The molecule has 0 saturated carbocycles. The Kier molecular flexibility index (Phi) is 2.10. The molecule has 3 nitrogen and oxygen atoms in total. The zero-order valence-electron chi connectivity index (χ0n) is 6.18. The molecule has 0 aliphatic heterocycles. The molecule has 1 aromatic rings. The summed E-state index contributed by atoms with van der Waals surface area (Å²) in [5.74, 6) is 0.341. The first kappa shape index (κ1) is 9.05. The van der Waals surface area contributed by atoms with Crippen molar-refractivity contribution < 1.29 is 18.3 Å². The summed E-state index contributed by atoms with van der Waals surface area (Å²) < 4.78 is 35.5. The van der Waals surface area contributed by atoms with E-state index in [0.717, 1.165) is 6.20 Å². The van der Waals surface area contributed by atoms with Crippen LogP contribution in [-0.2, 0) is 0 Å². The number of aliphatic hydroxyl groups excluding tert-OH is 1. The number of rotatable bonds is 1. The molecule has 0 fully saturated rings. The van der Waals surface area contributed by atoms with Gasteiger partial charge in [-0.15, -0.1) is 0 Å². The number of H-pyrrole nitrogens is 1. The summed E-state index contributed by atoms with van der Waals surface area (Å²) in [6.07, 6.45) is -6.15. The van der Waals surface area contributed by atoms with Crippen LogP contribution in [0.1, 0.15) is 17.6 Å². The SMILES string of the molecule is Cc1ncc(C(O)C(F)(F)F)[nH]1. The number of alkyl halides is 3. The van der Waals surface area contributed by atoms with E-state index in [4.69, 9.17) is 5.11 Å². The van der Waals surface area contributed by atoms with Gasteiger partial charge in [0.25, 0.3) is 0 Å². The number of nitrogens with zero attached hydrogens (tertiary/aromatic N) is 1. The molecular formula is C6H7F3N2O. The lowest BCUT2D eigenvalue weighted by atomic mass is 10.3. The first-order valence-electron chi connectivity index (χ1n) is 3.17. The summed E-state index contributed by atoms with van der Waals surface area (Å²) in [6, 6.07) is 0. The van der Waals surface area contributed by atoms with Crippen molar-refractivity contribution in [3.8, 4) is 0 Å². The Morgan fingerprint density at radius 2 is 2.17 bits per heavy atom. The van der Waals surface area contributed by atoms with Crippen molar-refractivity contribution in [2.75, 3.05) is 0 Å². The van der Waals surface area contributed by atoms with Crippen LogP contribution in [0.2, 0.25) is 0 Å². The third-order valence-corrected chi connectivity index (χ3v) is 1.33. The van der Waals surface area contributed by atoms with Crippen molar-refractivity contribution in [1.82, 2.24) is 9.97 Å². The predicted molar refractivity (Wildman–Crippen MR) is 34.3 cm³/mol. The van der Waals surface area contributed by atoms with Crippen LogP contribution in [0, 0.1) is 6.92 Å². The van der Waals surface area contributed by atoms with Crippen molar-refractivity contribution in [2.45, 2.75) is 19.2 Å². The highest BCUT2D eigenvalue weighted by molar-refractivity contribution is 5.05. The maximum absolute atomic E-state index is 11.8. The van der Waals surface area contributed by atoms with Crippen LogP contribution in [-0.4, -0.2) is 21.3 Å². The van der Waals surface area contributed by atoms with Gasteiger partial charge >= 0.3 is 6.18 Å². The quantitative estimate of drug-likeness (QED) is 0.684. The molecule has 2 N–H and O–H groups in total. The Hall–Kier alpha value is -1.04. The van der Waals surface area contributed by atoms with E-state index >= 15 is 0 Å². The normalized spacial score (nSPS) is 14.8. The van der Waals surface area contributed by atoms with Crippen LogP contribution in [0.15, 0.2) is 6.20 Å². The molecule has 1 rings (SSSR count). The minimum atomic E-state index is -4.64. The van der Waals surface area contributed by atoms with Crippen molar-refractivity contribution in [3.63, 3.8) is 0 Å². The molecule has 0 spiro atoms. The van der Waals surface area contributed by atoms with Gasteiger partial charge in [0.1, 0.15) is 5.82 Å². The molecule has 0 saturated heterocycles. The summed E-state index contributed by atoms with van der Waals surface area (Å²) in [4.78, 5) is 5.84. The van der Waals surface area contributed by atoms with Crippen molar-refractivity contribution in [3.05, 3.63) is 17.7 Å². The van der Waals surface area contributed by atoms with Gasteiger partial charge in [0, 0.05) is 0 Å². The number of imidazole rings is 1. The first-order valence-corrected chi connectivity index (χ1v) is 3.17. The lowest BCUT2D eigenvalue weighted by Crippen LogP contribution is -2.20. The van der Waals surface area contributed by atoms with E-state index in [-0.39, 0.29) is 5.69 Å². The van der Waals surface area contributed by atoms with E-state index in [0.29, 0.717) is 5.82 Å². The molecule has 0 amide bonds. The highest BCUT2D eigenvalue weighted by Crippen LogP contribution is 2.31. The van der Waals surface area contributed by atoms with E-state index in [1.165, 1.54) is 6.92 Å². The predicted octanol–water partition coefficient (Wildman–Crippen LogP) is 1.31. The van der Waals surface area contributed by atoms with Crippen LogP contribution in [0.3, 0.4) is 0 Å². The van der Waals surface area contributed by atoms with Crippen LogP contribution in [0.5, 0.6) is 0 Å². The summed E-state index contributed by atoms with van der Waals surface area (Å²) in [6.45, 7) is 1.51. The van der Waals surface area contributed by atoms with Crippen LogP contribution in [0.4, 0.5) is 13.2 Å². The second-order valence-electron chi connectivity index (χ2n) is 2.37. The maximum atomic E-state index is 11.8. The van der Waals surface area contributed by atoms with E-state index in [9.17, 15) is 13.2 Å². The summed E-state index contributed by atoms with van der Waals surface area (Å²) in [5, 5.41) is 8.67. The lowest BCUT2D eigenvalue weighted by molar-refractivity contribution is -0.207. The molecule has 1 heterocycles. The number of aromatic amines is 1. The highest BCUT2D eigenvalue weighted by atomic mass is 19.4. The van der Waals surface area contributed by atoms with Crippen molar-refractivity contribution >= 4 is 0 Å². The third-order valence-electron chi connectivity index (χ3n) is 1.33. The Balaban J connectivity index is 2.85. The number of aryl methyl sites for hydroxylation is 1. The largest absolute Gasteiger partial charge is 0.420 e. The number of hydrogen-bond acceptors (Lipinski definition) is 2. The van der Waals surface area contributed by atoms with Gasteiger partial charge in [-0.3, -0.25) is 0 Å². The van der Waals surface area contributed by atoms with Gasteiger partial charge in [-0.1, -0.05) is 0 Å². The van der Waals surface area contributed by atoms with Gasteiger partial charge in [0.2, 0.25) is 0 Å². The third kappa shape index (κ3) is 1.76. The van der Waals surface area contributed by atoms with E-state index in [2.05, 4.69) is 9.97 Å². The molecule has 1 aromatic heterocycles. The standard InChI is InChI=1S/C6H7F3N2O/c1-3-10-2-4(11-3)5(12)6(7,8)9/h2,5,12H,1H3,(H,10,11). The number of aromatic nitrogens is 2. The molecule has 68 valence electrons. The fourth-order valence-corrected chi connectivity index (χ4v) is 0.755.